The van der Waals surface area contributed by atoms with Crippen LogP contribution in [0.15, 0.2) is 18.2 Å². The molecule has 7 heteroatoms. The number of amides is 2. The summed E-state index contributed by atoms with van der Waals surface area (Å²) in [5, 5.41) is 3.51. The van der Waals surface area contributed by atoms with Crippen LogP contribution in [0.5, 0.6) is 0 Å². The summed E-state index contributed by atoms with van der Waals surface area (Å²) in [6.45, 7) is 5.60. The van der Waals surface area contributed by atoms with E-state index in [-0.39, 0.29) is 17.9 Å². The van der Waals surface area contributed by atoms with Gasteiger partial charge in [0, 0.05) is 43.5 Å². The number of carbonyl (C=O) groups excluding carboxylic acids is 2. The van der Waals surface area contributed by atoms with E-state index in [2.05, 4.69) is 10.2 Å². The van der Waals surface area contributed by atoms with Gasteiger partial charge in [-0.15, -0.1) is 0 Å². The molecule has 2 fully saturated rings. The average Bonchev–Trinajstić information content (AvgIpc) is 3.13. The number of benzene rings is 1. The van der Waals surface area contributed by atoms with E-state index in [9.17, 15) is 9.59 Å². The summed E-state index contributed by atoms with van der Waals surface area (Å²) in [4.78, 5) is 28.5. The van der Waals surface area contributed by atoms with Crippen molar-refractivity contribution in [2.24, 2.45) is 0 Å². The smallest absolute Gasteiger partial charge is 0.251 e. The minimum atomic E-state index is -0.263. The number of hydrogen-bond donors (Lipinski definition) is 1. The fourth-order valence-electron chi connectivity index (χ4n) is 3.22. The molecular formula is C18H24ClN3O3. The van der Waals surface area contributed by atoms with Crippen molar-refractivity contribution in [3.05, 3.63) is 28.8 Å². The lowest BCUT2D eigenvalue weighted by Gasteiger charge is -2.35. The number of nitrogens with one attached hydrogen (secondary N) is 1. The Labute approximate surface area is 153 Å². The molecule has 1 aromatic carbocycles. The number of hydrogen-bond acceptors (Lipinski definition) is 4. The van der Waals surface area contributed by atoms with E-state index in [4.69, 9.17) is 16.3 Å². The van der Waals surface area contributed by atoms with Gasteiger partial charge in [-0.25, -0.2) is 0 Å². The Morgan fingerprint density at radius 3 is 2.72 bits per heavy atom. The van der Waals surface area contributed by atoms with Crippen LogP contribution < -0.4 is 5.32 Å². The third kappa shape index (κ3) is 4.71. The lowest BCUT2D eigenvalue weighted by atomic mass is 10.2. The fraction of sp³-hybridized carbons (Fsp3) is 0.556. The molecule has 2 saturated heterocycles. The summed E-state index contributed by atoms with van der Waals surface area (Å²) in [6.07, 6.45) is 1.51. The molecule has 136 valence electrons. The molecule has 0 aromatic heterocycles. The number of anilines is 1. The summed E-state index contributed by atoms with van der Waals surface area (Å²) < 4.78 is 5.47. The normalized spacial score (nSPS) is 21.4. The van der Waals surface area contributed by atoms with Crippen LogP contribution in [0.4, 0.5) is 5.69 Å². The zero-order valence-corrected chi connectivity index (χ0v) is 15.2. The van der Waals surface area contributed by atoms with Gasteiger partial charge in [-0.3, -0.25) is 14.5 Å². The Morgan fingerprint density at radius 1 is 1.28 bits per heavy atom. The second-order valence-electron chi connectivity index (χ2n) is 6.61. The summed E-state index contributed by atoms with van der Waals surface area (Å²) in [5.74, 6) is 0.0282. The molecule has 3 rings (SSSR count). The summed E-state index contributed by atoms with van der Waals surface area (Å²) in [6, 6.07) is 5.44. The van der Waals surface area contributed by atoms with E-state index in [0.29, 0.717) is 44.4 Å². The third-order valence-corrected chi connectivity index (χ3v) is 4.97. The van der Waals surface area contributed by atoms with Gasteiger partial charge in [0.15, 0.2) is 0 Å². The monoisotopic (exact) mass is 365 g/mol. The summed E-state index contributed by atoms with van der Waals surface area (Å²) in [5.41, 5.74) is 1.72. The highest BCUT2D eigenvalue weighted by Crippen LogP contribution is 2.20. The molecular weight excluding hydrogens is 342 g/mol. The lowest BCUT2D eigenvalue weighted by Crippen LogP contribution is -2.52. The molecule has 0 saturated carbocycles. The van der Waals surface area contributed by atoms with Gasteiger partial charge in [0.25, 0.3) is 5.91 Å². The molecule has 0 unspecified atom stereocenters. The predicted octanol–water partition coefficient (Wildman–Crippen LogP) is 1.91. The number of ether oxygens (including phenoxy) is 1. The first-order chi connectivity index (χ1) is 12.0. The van der Waals surface area contributed by atoms with Gasteiger partial charge in [-0.2, -0.15) is 0 Å². The van der Waals surface area contributed by atoms with Crippen LogP contribution >= 0.6 is 11.6 Å². The molecule has 0 spiro atoms. The molecule has 0 bridgehead atoms. The molecule has 2 aliphatic rings. The van der Waals surface area contributed by atoms with Gasteiger partial charge in [-0.1, -0.05) is 17.7 Å². The van der Waals surface area contributed by atoms with E-state index in [1.54, 1.807) is 12.1 Å². The summed E-state index contributed by atoms with van der Waals surface area (Å²) in [7, 11) is 0. The maximum atomic E-state index is 12.3. The highest BCUT2D eigenvalue weighted by atomic mass is 35.5. The lowest BCUT2D eigenvalue weighted by molar-refractivity contribution is -0.142. The number of rotatable bonds is 4. The Balaban J connectivity index is 1.46. The number of carbonyl (C=O) groups is 2. The van der Waals surface area contributed by atoms with Crippen molar-refractivity contribution in [1.29, 1.82) is 0 Å². The molecule has 6 nitrogen and oxygen atoms in total. The molecule has 1 atom stereocenters. The van der Waals surface area contributed by atoms with E-state index in [1.807, 2.05) is 17.9 Å². The molecule has 2 heterocycles. The van der Waals surface area contributed by atoms with Gasteiger partial charge in [-0.05, 0) is 37.5 Å². The Bertz CT molecular complexity index is 638. The fourth-order valence-corrected chi connectivity index (χ4v) is 3.40. The first kappa shape index (κ1) is 18.2. The Kier molecular flexibility index (Phi) is 5.93. The van der Waals surface area contributed by atoms with Crippen molar-refractivity contribution < 1.29 is 14.3 Å². The van der Waals surface area contributed by atoms with E-state index >= 15 is 0 Å². The van der Waals surface area contributed by atoms with E-state index < -0.39 is 0 Å². The van der Waals surface area contributed by atoms with Crippen LogP contribution in [0.2, 0.25) is 5.02 Å². The van der Waals surface area contributed by atoms with E-state index in [1.165, 1.54) is 0 Å². The predicted molar refractivity (Wildman–Crippen MR) is 96.8 cm³/mol. The SMILES string of the molecule is Cc1ccc(Cl)cc1NC(=O)CN1CCN(C(=O)[C@@H]2CCCO2)CC1. The molecule has 2 amide bonds. The molecule has 0 aliphatic carbocycles. The largest absolute Gasteiger partial charge is 0.368 e. The van der Waals surface area contributed by atoms with Crippen LogP contribution in [0, 0.1) is 6.92 Å². The number of piperazine rings is 1. The van der Waals surface area contributed by atoms with Gasteiger partial charge in [0.2, 0.25) is 5.91 Å². The van der Waals surface area contributed by atoms with Crippen molar-refractivity contribution >= 4 is 29.1 Å². The van der Waals surface area contributed by atoms with Crippen LogP contribution in [0.25, 0.3) is 0 Å². The quantitative estimate of drug-likeness (QED) is 0.885. The second kappa shape index (κ2) is 8.17. The minimum absolute atomic E-state index is 0.0655. The van der Waals surface area contributed by atoms with Gasteiger partial charge in [0.1, 0.15) is 6.10 Å². The van der Waals surface area contributed by atoms with Crippen molar-refractivity contribution in [2.45, 2.75) is 25.9 Å². The maximum absolute atomic E-state index is 12.3. The number of halogens is 1. The van der Waals surface area contributed by atoms with Gasteiger partial charge in [0.05, 0.1) is 6.54 Å². The zero-order valence-electron chi connectivity index (χ0n) is 14.5. The first-order valence-electron chi connectivity index (χ1n) is 8.71. The number of nitrogens with zero attached hydrogens (tertiary/aromatic N) is 2. The topological polar surface area (TPSA) is 61.9 Å². The molecule has 1 aromatic rings. The van der Waals surface area contributed by atoms with Gasteiger partial charge >= 0.3 is 0 Å². The molecule has 0 radical (unpaired) electrons. The van der Waals surface area contributed by atoms with Gasteiger partial charge < -0.3 is 15.0 Å². The van der Waals surface area contributed by atoms with Crippen molar-refractivity contribution in [3.8, 4) is 0 Å². The standard InChI is InChI=1S/C18H24ClN3O3/c1-13-4-5-14(19)11-15(13)20-17(23)12-21-6-8-22(9-7-21)18(24)16-3-2-10-25-16/h4-5,11,16H,2-3,6-10,12H2,1H3,(H,20,23)/t16-/m0/s1. The first-order valence-corrected chi connectivity index (χ1v) is 9.09. The summed E-state index contributed by atoms with van der Waals surface area (Å²) >= 11 is 5.98. The van der Waals surface area contributed by atoms with Crippen LogP contribution in [-0.2, 0) is 14.3 Å². The highest BCUT2D eigenvalue weighted by Gasteiger charge is 2.30. The Hall–Kier alpha value is -1.63. The molecule has 25 heavy (non-hydrogen) atoms. The van der Waals surface area contributed by atoms with Crippen LogP contribution in [0.3, 0.4) is 0 Å². The Morgan fingerprint density at radius 2 is 2.04 bits per heavy atom. The number of aryl methyl sites for hydroxylation is 1. The maximum Gasteiger partial charge on any atom is 0.251 e. The second-order valence-corrected chi connectivity index (χ2v) is 7.05. The van der Waals surface area contributed by atoms with Crippen molar-refractivity contribution in [3.63, 3.8) is 0 Å². The average molecular weight is 366 g/mol. The van der Waals surface area contributed by atoms with Crippen molar-refractivity contribution in [2.75, 3.05) is 44.6 Å². The third-order valence-electron chi connectivity index (χ3n) is 4.73. The molecule has 1 N–H and O–H groups in total. The minimum Gasteiger partial charge on any atom is -0.368 e. The van der Waals surface area contributed by atoms with Crippen molar-refractivity contribution in [1.82, 2.24) is 9.80 Å². The highest BCUT2D eigenvalue weighted by molar-refractivity contribution is 6.31. The van der Waals surface area contributed by atoms with Crippen LogP contribution in [-0.4, -0.2) is 67.0 Å². The van der Waals surface area contributed by atoms with Crippen LogP contribution in [0.1, 0.15) is 18.4 Å². The molecule has 2 aliphatic heterocycles. The zero-order chi connectivity index (χ0) is 17.8. The van der Waals surface area contributed by atoms with E-state index in [0.717, 1.165) is 24.1 Å².